The Kier molecular flexibility index (Phi) is 9.62. The van der Waals surface area contributed by atoms with Gasteiger partial charge in [0.2, 0.25) is 0 Å². The molecular weight excluding hydrogens is 244 g/mol. The van der Waals surface area contributed by atoms with E-state index in [9.17, 15) is 14.4 Å². The van der Waals surface area contributed by atoms with Crippen LogP contribution in [0.25, 0.3) is 0 Å². The van der Waals surface area contributed by atoms with E-state index in [1.54, 1.807) is 0 Å². The first-order chi connectivity index (χ1) is 9.02. The molecule has 0 bridgehead atoms. The van der Waals surface area contributed by atoms with Crippen molar-refractivity contribution in [3.63, 3.8) is 0 Å². The Morgan fingerprint density at radius 3 is 2.21 bits per heavy atom. The summed E-state index contributed by atoms with van der Waals surface area (Å²) >= 11 is 0. The second kappa shape index (κ2) is 10.4. The van der Waals surface area contributed by atoms with Gasteiger partial charge >= 0.3 is 0 Å². The van der Waals surface area contributed by atoms with Crippen LogP contribution in [0, 0.1) is 0 Å². The van der Waals surface area contributed by atoms with Gasteiger partial charge in [-0.05, 0) is 26.9 Å². The number of ketones is 1. The van der Waals surface area contributed by atoms with Gasteiger partial charge in [0.05, 0.1) is 0 Å². The molecule has 1 N–H and O–H groups in total. The number of rotatable bonds is 7. The molecule has 0 saturated carbocycles. The lowest BCUT2D eigenvalue weighted by Gasteiger charge is -2.11. The summed E-state index contributed by atoms with van der Waals surface area (Å²) < 4.78 is 0. The molecular formula is C14H24N2O3. The number of amides is 2. The number of nitrogens with one attached hydrogen (secondary N) is 1. The smallest absolute Gasteiger partial charge is 0.253 e. The van der Waals surface area contributed by atoms with Gasteiger partial charge in [-0.2, -0.15) is 0 Å². The topological polar surface area (TPSA) is 66.5 Å². The minimum absolute atomic E-state index is 0.0255. The van der Waals surface area contributed by atoms with Crippen molar-refractivity contribution in [3.8, 4) is 0 Å². The fourth-order valence-corrected chi connectivity index (χ4v) is 1.47. The third-order valence-electron chi connectivity index (χ3n) is 2.62. The summed E-state index contributed by atoms with van der Waals surface area (Å²) in [5.41, 5.74) is 0. The molecule has 0 atom stereocenters. The number of imide groups is 1. The van der Waals surface area contributed by atoms with Crippen LogP contribution in [-0.2, 0) is 14.4 Å². The lowest BCUT2D eigenvalue weighted by atomic mass is 10.2. The number of nitrogens with zero attached hydrogens (tertiary/aromatic N) is 1. The maximum absolute atomic E-state index is 10.9. The van der Waals surface area contributed by atoms with E-state index in [4.69, 9.17) is 0 Å². The maximum atomic E-state index is 10.9. The summed E-state index contributed by atoms with van der Waals surface area (Å²) in [7, 11) is 2.00. The zero-order chi connectivity index (χ0) is 14.7. The Bertz CT molecular complexity index is 316. The fourth-order valence-electron chi connectivity index (χ4n) is 1.47. The Balaban J connectivity index is 0.000000399. The molecule has 0 saturated heterocycles. The van der Waals surface area contributed by atoms with Gasteiger partial charge in [-0.25, -0.2) is 0 Å². The van der Waals surface area contributed by atoms with E-state index < -0.39 is 0 Å². The first kappa shape index (κ1) is 17.5. The van der Waals surface area contributed by atoms with Crippen molar-refractivity contribution in [2.75, 3.05) is 20.1 Å². The third-order valence-corrected chi connectivity index (χ3v) is 2.62. The van der Waals surface area contributed by atoms with E-state index in [1.165, 1.54) is 44.9 Å². The number of carbonyl (C=O) groups is 3. The Hall–Kier alpha value is -1.49. The first-order valence-corrected chi connectivity index (χ1v) is 6.70. The average Bonchev–Trinajstić information content (AvgIpc) is 2.68. The molecule has 1 aliphatic rings. The molecule has 19 heavy (non-hydrogen) atoms. The molecule has 2 amide bonds. The SMILES string of the molecule is CC(=O)CCN1C(=O)C=CC1=O.CCCCCNC. The van der Waals surface area contributed by atoms with Gasteiger partial charge < -0.3 is 5.32 Å². The van der Waals surface area contributed by atoms with Crippen LogP contribution in [0.5, 0.6) is 0 Å². The normalized spacial score (nSPS) is 13.5. The summed E-state index contributed by atoms with van der Waals surface area (Å²) in [5.74, 6) is -0.690. The summed E-state index contributed by atoms with van der Waals surface area (Å²) in [4.78, 5) is 33.4. The van der Waals surface area contributed by atoms with Crippen LogP contribution in [0.4, 0.5) is 0 Å². The molecule has 1 aliphatic heterocycles. The van der Waals surface area contributed by atoms with Gasteiger partial charge in [0, 0.05) is 25.1 Å². The molecule has 5 heteroatoms. The highest BCUT2D eigenvalue weighted by atomic mass is 16.2. The van der Waals surface area contributed by atoms with E-state index >= 15 is 0 Å². The largest absolute Gasteiger partial charge is 0.320 e. The molecule has 0 aromatic heterocycles. The van der Waals surface area contributed by atoms with Crippen LogP contribution in [0.15, 0.2) is 12.2 Å². The van der Waals surface area contributed by atoms with Crippen LogP contribution in [-0.4, -0.2) is 42.6 Å². The summed E-state index contributed by atoms with van der Waals surface area (Å²) in [6, 6.07) is 0. The van der Waals surface area contributed by atoms with E-state index in [0.29, 0.717) is 0 Å². The molecule has 0 aromatic rings. The third kappa shape index (κ3) is 8.26. The minimum Gasteiger partial charge on any atom is -0.320 e. The van der Waals surface area contributed by atoms with Gasteiger partial charge in [-0.15, -0.1) is 0 Å². The predicted molar refractivity (Wildman–Crippen MR) is 74.6 cm³/mol. The number of hydrogen-bond donors (Lipinski definition) is 1. The van der Waals surface area contributed by atoms with Gasteiger partial charge in [0.1, 0.15) is 5.78 Å². The van der Waals surface area contributed by atoms with Crippen molar-refractivity contribution in [2.45, 2.75) is 39.5 Å². The summed E-state index contributed by atoms with van der Waals surface area (Å²) in [6.07, 6.45) is 6.67. The molecule has 0 unspecified atom stereocenters. The number of unbranched alkanes of at least 4 members (excludes halogenated alkanes) is 2. The number of carbonyl (C=O) groups excluding carboxylic acids is 3. The van der Waals surface area contributed by atoms with Crippen molar-refractivity contribution in [2.24, 2.45) is 0 Å². The quantitative estimate of drug-likeness (QED) is 0.558. The molecule has 1 rings (SSSR count). The molecule has 5 nitrogen and oxygen atoms in total. The number of Topliss-reactive ketones (excluding diaryl/α,β-unsaturated/α-hetero) is 1. The molecule has 0 aromatic carbocycles. The molecule has 0 fully saturated rings. The summed E-state index contributed by atoms with van der Waals surface area (Å²) in [5, 5.41) is 3.10. The zero-order valence-electron chi connectivity index (χ0n) is 12.1. The Labute approximate surface area is 115 Å². The second-order valence-electron chi connectivity index (χ2n) is 4.42. The van der Waals surface area contributed by atoms with Crippen molar-refractivity contribution in [3.05, 3.63) is 12.2 Å². The molecule has 1 heterocycles. The van der Waals surface area contributed by atoms with E-state index in [0.717, 1.165) is 4.90 Å². The monoisotopic (exact) mass is 268 g/mol. The van der Waals surface area contributed by atoms with Crippen LogP contribution in [0.2, 0.25) is 0 Å². The lowest BCUT2D eigenvalue weighted by molar-refractivity contribution is -0.137. The van der Waals surface area contributed by atoms with Gasteiger partial charge in [0.15, 0.2) is 0 Å². The Morgan fingerprint density at radius 2 is 1.79 bits per heavy atom. The molecule has 108 valence electrons. The highest BCUT2D eigenvalue weighted by molar-refractivity contribution is 6.13. The molecule has 0 radical (unpaired) electrons. The van der Waals surface area contributed by atoms with Crippen LogP contribution < -0.4 is 5.32 Å². The minimum atomic E-state index is -0.332. The van der Waals surface area contributed by atoms with Crippen LogP contribution in [0.1, 0.15) is 39.5 Å². The lowest BCUT2D eigenvalue weighted by Crippen LogP contribution is -2.31. The first-order valence-electron chi connectivity index (χ1n) is 6.70. The fraction of sp³-hybridized carbons (Fsp3) is 0.643. The van der Waals surface area contributed by atoms with Crippen LogP contribution in [0.3, 0.4) is 0 Å². The number of hydrogen-bond acceptors (Lipinski definition) is 4. The predicted octanol–water partition coefficient (Wildman–Crippen LogP) is 1.29. The van der Waals surface area contributed by atoms with Crippen molar-refractivity contribution in [1.82, 2.24) is 10.2 Å². The zero-order valence-corrected chi connectivity index (χ0v) is 12.1. The van der Waals surface area contributed by atoms with Crippen molar-refractivity contribution in [1.29, 1.82) is 0 Å². The van der Waals surface area contributed by atoms with Gasteiger partial charge in [0.25, 0.3) is 11.8 Å². The standard InChI is InChI=1S/C8H9NO3.C6H15N/c1-6(10)4-5-9-7(11)2-3-8(9)12;1-3-4-5-6-7-2/h2-3H,4-5H2,1H3;7H,3-6H2,1-2H3. The van der Waals surface area contributed by atoms with E-state index in [-0.39, 0.29) is 30.6 Å². The highest BCUT2D eigenvalue weighted by Gasteiger charge is 2.22. The Morgan fingerprint density at radius 1 is 1.21 bits per heavy atom. The van der Waals surface area contributed by atoms with Gasteiger partial charge in [-0.1, -0.05) is 19.8 Å². The maximum Gasteiger partial charge on any atom is 0.253 e. The van der Waals surface area contributed by atoms with E-state index in [2.05, 4.69) is 12.2 Å². The highest BCUT2D eigenvalue weighted by Crippen LogP contribution is 2.03. The average molecular weight is 268 g/mol. The molecule has 0 spiro atoms. The second-order valence-corrected chi connectivity index (χ2v) is 4.42. The van der Waals surface area contributed by atoms with Crippen molar-refractivity contribution < 1.29 is 14.4 Å². The molecule has 0 aliphatic carbocycles. The van der Waals surface area contributed by atoms with E-state index in [1.807, 2.05) is 7.05 Å². The van der Waals surface area contributed by atoms with Crippen LogP contribution >= 0.6 is 0 Å². The summed E-state index contributed by atoms with van der Waals surface area (Å²) in [6.45, 7) is 5.02. The van der Waals surface area contributed by atoms with Gasteiger partial charge in [-0.3, -0.25) is 19.3 Å². The van der Waals surface area contributed by atoms with Crippen molar-refractivity contribution >= 4 is 17.6 Å².